The zero-order valence-corrected chi connectivity index (χ0v) is 12.2. The molecule has 0 radical (unpaired) electrons. The first-order valence-corrected chi connectivity index (χ1v) is 6.16. The molecule has 0 aliphatic rings. The molecule has 0 bridgehead atoms. The zero-order valence-electron chi connectivity index (χ0n) is 11.4. The van der Waals surface area contributed by atoms with Crippen molar-refractivity contribution in [3.8, 4) is 5.75 Å². The van der Waals surface area contributed by atoms with Gasteiger partial charge in [0.25, 0.3) is 0 Å². The average Bonchev–Trinajstić information content (AvgIpc) is 2.87. The van der Waals surface area contributed by atoms with E-state index in [9.17, 15) is 0 Å². The Balaban J connectivity index is 0.00000200. The number of nitrogens with two attached hydrogens (primary N) is 1. The Morgan fingerprint density at radius 1 is 1.30 bits per heavy atom. The van der Waals surface area contributed by atoms with Crippen LogP contribution < -0.4 is 10.5 Å². The van der Waals surface area contributed by atoms with Crippen LogP contribution >= 0.6 is 12.4 Å². The van der Waals surface area contributed by atoms with Gasteiger partial charge in [0.15, 0.2) is 5.82 Å². The molecule has 2 rings (SSSR count). The van der Waals surface area contributed by atoms with Crippen molar-refractivity contribution in [2.45, 2.75) is 13.1 Å². The molecule has 110 valence electrons. The number of nitrogens with zero attached hydrogens (tertiary/aromatic N) is 3. The molecule has 2 aromatic rings. The van der Waals surface area contributed by atoms with Gasteiger partial charge < -0.3 is 15.0 Å². The van der Waals surface area contributed by atoms with Gasteiger partial charge in [0.1, 0.15) is 12.4 Å². The largest absolute Gasteiger partial charge is 0.492 e. The molecule has 0 unspecified atom stereocenters. The van der Waals surface area contributed by atoms with Crippen molar-refractivity contribution in [3.63, 3.8) is 0 Å². The minimum Gasteiger partial charge on any atom is -0.492 e. The van der Waals surface area contributed by atoms with Crippen LogP contribution in [0.1, 0.15) is 11.7 Å². The number of rotatable bonds is 7. The Hall–Kier alpha value is -1.63. The van der Waals surface area contributed by atoms with Gasteiger partial charge in [-0.1, -0.05) is 23.4 Å². The normalized spacial score (nSPS) is 10.3. The van der Waals surface area contributed by atoms with Gasteiger partial charge in [-0.05, 0) is 19.2 Å². The molecule has 0 spiro atoms. The van der Waals surface area contributed by atoms with E-state index in [1.807, 2.05) is 37.4 Å². The standard InChI is InChI=1S/C13H18N4O2.ClH/c1-17(10-12-15-13(9-14)19-16-12)7-8-18-11-5-3-2-4-6-11;/h2-6H,7-10,14H2,1H3;1H. The number of benzene rings is 1. The number of para-hydroxylation sites is 1. The van der Waals surface area contributed by atoms with Crippen LogP contribution in [-0.2, 0) is 13.1 Å². The SMILES string of the molecule is CN(CCOc1ccccc1)Cc1noc(CN)n1.Cl. The number of likely N-dealkylation sites (N-methyl/N-ethyl adjacent to an activating group) is 1. The maximum atomic E-state index is 5.61. The molecule has 20 heavy (non-hydrogen) atoms. The molecule has 0 saturated heterocycles. The number of hydrogen-bond donors (Lipinski definition) is 1. The summed E-state index contributed by atoms with van der Waals surface area (Å²) in [5, 5.41) is 3.84. The summed E-state index contributed by atoms with van der Waals surface area (Å²) in [4.78, 5) is 6.21. The van der Waals surface area contributed by atoms with Crippen molar-refractivity contribution in [2.75, 3.05) is 20.2 Å². The van der Waals surface area contributed by atoms with E-state index in [4.69, 9.17) is 15.0 Å². The molecule has 0 aliphatic heterocycles. The predicted molar refractivity (Wildman–Crippen MR) is 77.7 cm³/mol. The first-order chi connectivity index (χ1) is 9.28. The first kappa shape index (κ1) is 16.4. The summed E-state index contributed by atoms with van der Waals surface area (Å²) in [5.41, 5.74) is 5.41. The summed E-state index contributed by atoms with van der Waals surface area (Å²) in [6.45, 7) is 2.28. The van der Waals surface area contributed by atoms with Crippen LogP contribution in [0, 0.1) is 0 Å². The predicted octanol–water partition coefficient (Wildman–Crippen LogP) is 1.46. The summed E-state index contributed by atoms with van der Waals surface area (Å²) in [6, 6.07) is 9.74. The lowest BCUT2D eigenvalue weighted by molar-refractivity contribution is 0.227. The Morgan fingerprint density at radius 2 is 2.05 bits per heavy atom. The van der Waals surface area contributed by atoms with E-state index in [-0.39, 0.29) is 19.0 Å². The molecule has 1 aromatic heterocycles. The van der Waals surface area contributed by atoms with Crippen LogP contribution in [0.3, 0.4) is 0 Å². The Labute approximate surface area is 124 Å². The highest BCUT2D eigenvalue weighted by Crippen LogP contribution is 2.08. The van der Waals surface area contributed by atoms with E-state index < -0.39 is 0 Å². The lowest BCUT2D eigenvalue weighted by Crippen LogP contribution is -2.24. The van der Waals surface area contributed by atoms with Crippen molar-refractivity contribution < 1.29 is 9.26 Å². The topological polar surface area (TPSA) is 77.4 Å². The van der Waals surface area contributed by atoms with Gasteiger partial charge >= 0.3 is 0 Å². The van der Waals surface area contributed by atoms with E-state index in [1.165, 1.54) is 0 Å². The molecular weight excluding hydrogens is 280 g/mol. The van der Waals surface area contributed by atoms with Crippen LogP contribution in [0.4, 0.5) is 0 Å². The van der Waals surface area contributed by atoms with Crippen LogP contribution in [0.2, 0.25) is 0 Å². The average molecular weight is 299 g/mol. The second kappa shape index (κ2) is 8.52. The zero-order chi connectivity index (χ0) is 13.5. The fraction of sp³-hybridized carbons (Fsp3) is 0.385. The quantitative estimate of drug-likeness (QED) is 0.834. The van der Waals surface area contributed by atoms with Crippen LogP contribution in [-0.4, -0.2) is 35.2 Å². The fourth-order valence-electron chi connectivity index (χ4n) is 1.59. The third-order valence-electron chi connectivity index (χ3n) is 2.58. The van der Waals surface area contributed by atoms with Crippen molar-refractivity contribution in [3.05, 3.63) is 42.0 Å². The molecule has 2 N–H and O–H groups in total. The van der Waals surface area contributed by atoms with E-state index in [0.717, 1.165) is 12.3 Å². The Kier molecular flexibility index (Phi) is 7.00. The molecule has 1 aromatic carbocycles. The molecule has 0 aliphatic carbocycles. The van der Waals surface area contributed by atoms with E-state index in [0.29, 0.717) is 24.9 Å². The fourth-order valence-corrected chi connectivity index (χ4v) is 1.59. The van der Waals surface area contributed by atoms with Gasteiger partial charge in [-0.3, -0.25) is 4.90 Å². The lowest BCUT2D eigenvalue weighted by atomic mass is 10.3. The highest BCUT2D eigenvalue weighted by Gasteiger charge is 2.07. The number of hydrogen-bond acceptors (Lipinski definition) is 6. The van der Waals surface area contributed by atoms with Crippen LogP contribution in [0.25, 0.3) is 0 Å². The molecule has 7 heteroatoms. The van der Waals surface area contributed by atoms with Gasteiger partial charge in [-0.2, -0.15) is 4.98 Å². The monoisotopic (exact) mass is 298 g/mol. The van der Waals surface area contributed by atoms with E-state index >= 15 is 0 Å². The molecule has 0 amide bonds. The summed E-state index contributed by atoms with van der Waals surface area (Å²) in [5.74, 6) is 1.98. The highest BCUT2D eigenvalue weighted by atomic mass is 35.5. The highest BCUT2D eigenvalue weighted by molar-refractivity contribution is 5.85. The second-order valence-electron chi connectivity index (χ2n) is 4.21. The number of aromatic nitrogens is 2. The van der Waals surface area contributed by atoms with Crippen molar-refractivity contribution >= 4 is 12.4 Å². The summed E-state index contributed by atoms with van der Waals surface area (Å²) in [6.07, 6.45) is 0. The molecule has 0 atom stereocenters. The van der Waals surface area contributed by atoms with Crippen molar-refractivity contribution in [2.24, 2.45) is 5.73 Å². The first-order valence-electron chi connectivity index (χ1n) is 6.16. The number of ether oxygens (including phenoxy) is 1. The summed E-state index contributed by atoms with van der Waals surface area (Å²) < 4.78 is 10.6. The molecule has 0 fully saturated rings. The van der Waals surface area contributed by atoms with Crippen molar-refractivity contribution in [1.82, 2.24) is 15.0 Å². The maximum absolute atomic E-state index is 5.61. The Bertz CT molecular complexity index is 492. The number of halogens is 1. The van der Waals surface area contributed by atoms with Gasteiger partial charge in [0, 0.05) is 6.54 Å². The summed E-state index contributed by atoms with van der Waals surface area (Å²) >= 11 is 0. The van der Waals surface area contributed by atoms with Gasteiger partial charge in [-0.15, -0.1) is 12.4 Å². The van der Waals surface area contributed by atoms with Gasteiger partial charge in [-0.25, -0.2) is 0 Å². The third-order valence-corrected chi connectivity index (χ3v) is 2.58. The molecular formula is C13H19ClN4O2. The second-order valence-corrected chi connectivity index (χ2v) is 4.21. The Morgan fingerprint density at radius 3 is 2.70 bits per heavy atom. The maximum Gasteiger partial charge on any atom is 0.240 e. The third kappa shape index (κ3) is 5.16. The minimum atomic E-state index is 0. The molecule has 0 saturated carbocycles. The molecule has 1 heterocycles. The minimum absolute atomic E-state index is 0. The van der Waals surface area contributed by atoms with E-state index in [2.05, 4.69) is 15.0 Å². The van der Waals surface area contributed by atoms with Gasteiger partial charge in [0.05, 0.1) is 13.1 Å². The molecule has 6 nitrogen and oxygen atoms in total. The smallest absolute Gasteiger partial charge is 0.240 e. The lowest BCUT2D eigenvalue weighted by Gasteiger charge is -2.14. The van der Waals surface area contributed by atoms with Gasteiger partial charge in [0.2, 0.25) is 5.89 Å². The van der Waals surface area contributed by atoms with E-state index in [1.54, 1.807) is 0 Å². The van der Waals surface area contributed by atoms with Crippen LogP contribution in [0.5, 0.6) is 5.75 Å². The van der Waals surface area contributed by atoms with Crippen molar-refractivity contribution in [1.29, 1.82) is 0 Å². The van der Waals surface area contributed by atoms with Crippen LogP contribution in [0.15, 0.2) is 34.9 Å². The summed E-state index contributed by atoms with van der Waals surface area (Å²) in [7, 11) is 1.98.